The second-order valence-electron chi connectivity index (χ2n) is 10.7. The number of carboxylic acids is 2. The standard InChI is InChI=1S/C26H32ClNO2.C2H2O4/c1-17-4-3-11-26(2)15-24-21(14-23(17)26)22(25(29)30-24)16-28-12-9-19(10-13-28)18-5-7-20(27)8-6-18;3-1(4)2(5)6/h5-9,21-22,24H,3-4,10-16H2,1-2H3;(H,3,4)(H,5,6)/t21-,22?,24-,26-;/m1./s1. The first-order valence-electron chi connectivity index (χ1n) is 12.6. The zero-order valence-corrected chi connectivity index (χ0v) is 21.6. The molecule has 0 bridgehead atoms. The molecule has 8 heteroatoms. The molecule has 0 amide bonds. The largest absolute Gasteiger partial charge is 0.473 e. The van der Waals surface area contributed by atoms with Gasteiger partial charge in [-0.2, -0.15) is 0 Å². The lowest BCUT2D eigenvalue weighted by molar-refractivity contribution is -0.159. The van der Waals surface area contributed by atoms with Crippen LogP contribution in [0.15, 0.2) is 41.5 Å². The molecule has 4 aliphatic rings. The van der Waals surface area contributed by atoms with Crippen molar-refractivity contribution in [1.82, 2.24) is 4.90 Å². The van der Waals surface area contributed by atoms with Gasteiger partial charge in [-0.05, 0) is 74.1 Å². The average Bonchev–Trinajstić information content (AvgIpc) is 3.12. The second-order valence-corrected chi connectivity index (χ2v) is 11.1. The summed E-state index contributed by atoms with van der Waals surface area (Å²) in [6, 6.07) is 8.11. The summed E-state index contributed by atoms with van der Waals surface area (Å²) < 4.78 is 5.95. The van der Waals surface area contributed by atoms with Crippen LogP contribution in [0, 0.1) is 17.3 Å². The molecule has 2 aliphatic heterocycles. The van der Waals surface area contributed by atoms with Crippen LogP contribution in [-0.2, 0) is 19.1 Å². The van der Waals surface area contributed by atoms with Crippen molar-refractivity contribution in [3.05, 3.63) is 52.1 Å². The molecule has 1 saturated heterocycles. The van der Waals surface area contributed by atoms with Gasteiger partial charge in [-0.1, -0.05) is 47.9 Å². The number of carbonyl (C=O) groups excluding carboxylic acids is 1. The number of carboxylic acid groups (broad SMARTS) is 2. The highest BCUT2D eigenvalue weighted by molar-refractivity contribution is 6.30. The fourth-order valence-corrected chi connectivity index (χ4v) is 6.53. The number of rotatable bonds is 3. The minimum Gasteiger partial charge on any atom is -0.473 e. The maximum Gasteiger partial charge on any atom is 0.414 e. The van der Waals surface area contributed by atoms with Crippen molar-refractivity contribution in [1.29, 1.82) is 0 Å². The number of aliphatic carboxylic acids is 2. The van der Waals surface area contributed by atoms with Crippen LogP contribution in [0.1, 0.15) is 57.9 Å². The highest BCUT2D eigenvalue weighted by Gasteiger charge is 2.53. The normalized spacial score (nSPS) is 29.8. The van der Waals surface area contributed by atoms with E-state index in [1.807, 2.05) is 12.1 Å². The fourth-order valence-electron chi connectivity index (χ4n) is 6.40. The number of carbonyl (C=O) groups is 3. The van der Waals surface area contributed by atoms with Crippen LogP contribution in [0.2, 0.25) is 5.02 Å². The second kappa shape index (κ2) is 10.8. The lowest BCUT2D eigenvalue weighted by Crippen LogP contribution is -2.42. The average molecular weight is 516 g/mol. The minimum absolute atomic E-state index is 0.0206. The molecule has 194 valence electrons. The molecular weight excluding hydrogens is 482 g/mol. The molecule has 1 aromatic rings. The number of halogens is 1. The zero-order valence-electron chi connectivity index (χ0n) is 20.8. The fraction of sp³-hybridized carbons (Fsp3) is 0.536. The summed E-state index contributed by atoms with van der Waals surface area (Å²) in [6.45, 7) is 7.44. The SMILES string of the molecule is CC1=C2C[C@@H]3C(CN4CC=C(c5ccc(Cl)cc5)CC4)C(=O)O[C@@H]3C[C@@]2(C)CCC1.O=C(O)C(=O)O. The van der Waals surface area contributed by atoms with Crippen molar-refractivity contribution < 1.29 is 29.3 Å². The molecule has 5 rings (SSSR count). The van der Waals surface area contributed by atoms with E-state index in [4.69, 9.17) is 36.1 Å². The third-order valence-electron chi connectivity index (χ3n) is 8.33. The first-order chi connectivity index (χ1) is 17.1. The number of allylic oxidation sites excluding steroid dienone is 2. The summed E-state index contributed by atoms with van der Waals surface area (Å²) >= 11 is 6.02. The van der Waals surface area contributed by atoms with Gasteiger partial charge in [-0.15, -0.1) is 0 Å². The molecule has 2 aliphatic carbocycles. The first-order valence-corrected chi connectivity index (χ1v) is 13.0. The lowest BCUT2D eigenvalue weighted by Gasteiger charge is -2.46. The number of fused-ring (bicyclic) bond motifs is 2. The van der Waals surface area contributed by atoms with E-state index in [0.29, 0.717) is 5.92 Å². The molecule has 0 spiro atoms. The molecule has 2 N–H and O–H groups in total. The van der Waals surface area contributed by atoms with E-state index in [9.17, 15) is 4.79 Å². The third kappa shape index (κ3) is 5.68. The van der Waals surface area contributed by atoms with Gasteiger partial charge in [-0.3, -0.25) is 9.69 Å². The van der Waals surface area contributed by atoms with Crippen molar-refractivity contribution >= 4 is 35.1 Å². The van der Waals surface area contributed by atoms with E-state index in [1.54, 1.807) is 11.1 Å². The minimum atomic E-state index is -1.82. The molecule has 2 heterocycles. The molecule has 0 radical (unpaired) electrons. The summed E-state index contributed by atoms with van der Waals surface area (Å²) in [5.74, 6) is -3.23. The smallest absolute Gasteiger partial charge is 0.414 e. The van der Waals surface area contributed by atoms with Gasteiger partial charge in [0, 0.05) is 30.6 Å². The van der Waals surface area contributed by atoms with Crippen molar-refractivity contribution in [2.75, 3.05) is 19.6 Å². The van der Waals surface area contributed by atoms with Crippen LogP contribution in [0.4, 0.5) is 0 Å². The lowest BCUT2D eigenvalue weighted by atomic mass is 9.59. The Morgan fingerprint density at radius 1 is 1.17 bits per heavy atom. The van der Waals surface area contributed by atoms with Gasteiger partial charge in [0.05, 0.1) is 5.92 Å². The van der Waals surface area contributed by atoms with E-state index in [-0.39, 0.29) is 23.4 Å². The Balaban J connectivity index is 0.000000455. The van der Waals surface area contributed by atoms with Gasteiger partial charge in [-0.25, -0.2) is 9.59 Å². The predicted octanol–water partition coefficient (Wildman–Crippen LogP) is 5.04. The van der Waals surface area contributed by atoms with Crippen LogP contribution in [0.5, 0.6) is 0 Å². The number of nitrogens with zero attached hydrogens (tertiary/aromatic N) is 1. The zero-order chi connectivity index (χ0) is 26.0. The summed E-state index contributed by atoms with van der Waals surface area (Å²) in [5.41, 5.74) is 6.10. The number of ether oxygens (including phenoxy) is 1. The molecule has 4 atom stereocenters. The molecule has 0 aromatic heterocycles. The Hall–Kier alpha value is -2.64. The maximum atomic E-state index is 12.8. The first kappa shape index (κ1) is 26.4. The molecule has 36 heavy (non-hydrogen) atoms. The molecule has 1 saturated carbocycles. The van der Waals surface area contributed by atoms with Crippen molar-refractivity contribution in [3.63, 3.8) is 0 Å². The Bertz CT molecular complexity index is 1080. The summed E-state index contributed by atoms with van der Waals surface area (Å²) in [7, 11) is 0. The predicted molar refractivity (Wildman–Crippen MR) is 137 cm³/mol. The van der Waals surface area contributed by atoms with Gasteiger partial charge in [0.2, 0.25) is 0 Å². The molecule has 1 unspecified atom stereocenters. The van der Waals surface area contributed by atoms with Crippen molar-refractivity contribution in [2.45, 2.75) is 58.5 Å². The molecule has 1 aromatic carbocycles. The Morgan fingerprint density at radius 2 is 1.86 bits per heavy atom. The summed E-state index contributed by atoms with van der Waals surface area (Å²) in [4.78, 5) is 33.5. The van der Waals surface area contributed by atoms with Crippen LogP contribution < -0.4 is 0 Å². The number of hydrogen-bond donors (Lipinski definition) is 2. The van der Waals surface area contributed by atoms with Crippen molar-refractivity contribution in [3.8, 4) is 0 Å². The van der Waals surface area contributed by atoms with Gasteiger partial charge >= 0.3 is 17.9 Å². The Labute approximate surface area is 216 Å². The van der Waals surface area contributed by atoms with Crippen molar-refractivity contribution in [2.24, 2.45) is 17.3 Å². The highest BCUT2D eigenvalue weighted by atomic mass is 35.5. The van der Waals surface area contributed by atoms with E-state index in [1.165, 1.54) is 30.4 Å². The Morgan fingerprint density at radius 3 is 2.47 bits per heavy atom. The monoisotopic (exact) mass is 515 g/mol. The van der Waals surface area contributed by atoms with E-state index in [2.05, 4.69) is 37.0 Å². The molecular formula is C28H34ClNO6. The van der Waals surface area contributed by atoms with Gasteiger partial charge in [0.25, 0.3) is 0 Å². The maximum absolute atomic E-state index is 12.8. The van der Waals surface area contributed by atoms with E-state index < -0.39 is 11.9 Å². The third-order valence-corrected chi connectivity index (χ3v) is 8.58. The number of hydrogen-bond acceptors (Lipinski definition) is 5. The van der Waals surface area contributed by atoms with Crippen LogP contribution in [0.3, 0.4) is 0 Å². The van der Waals surface area contributed by atoms with Crippen LogP contribution in [0.25, 0.3) is 5.57 Å². The molecule has 7 nitrogen and oxygen atoms in total. The summed E-state index contributed by atoms with van der Waals surface area (Å²) in [5, 5.41) is 15.6. The topological polar surface area (TPSA) is 104 Å². The van der Waals surface area contributed by atoms with E-state index >= 15 is 0 Å². The molecule has 2 fully saturated rings. The quantitative estimate of drug-likeness (QED) is 0.330. The van der Waals surface area contributed by atoms with Crippen LogP contribution in [-0.4, -0.2) is 58.8 Å². The summed E-state index contributed by atoms with van der Waals surface area (Å²) in [6.07, 6.45) is 9.28. The van der Waals surface area contributed by atoms with Gasteiger partial charge in [0.15, 0.2) is 0 Å². The van der Waals surface area contributed by atoms with Gasteiger partial charge in [0.1, 0.15) is 6.10 Å². The number of benzene rings is 1. The van der Waals surface area contributed by atoms with Gasteiger partial charge < -0.3 is 14.9 Å². The van der Waals surface area contributed by atoms with Crippen LogP contribution >= 0.6 is 11.6 Å². The Kier molecular flexibility index (Phi) is 7.90. The number of esters is 1. The highest BCUT2D eigenvalue weighted by Crippen LogP contribution is 2.55. The van der Waals surface area contributed by atoms with E-state index in [0.717, 1.165) is 43.9 Å².